The highest BCUT2D eigenvalue weighted by molar-refractivity contribution is 7.10. The lowest BCUT2D eigenvalue weighted by Gasteiger charge is -2.22. The highest BCUT2D eigenvalue weighted by Crippen LogP contribution is 2.14. The zero-order valence-electron chi connectivity index (χ0n) is 14.7. The fraction of sp³-hybridized carbons (Fsp3) is 0.400. The van der Waals surface area contributed by atoms with Crippen LogP contribution in [0.4, 0.5) is 0 Å². The quantitative estimate of drug-likeness (QED) is 0.782. The molecule has 2 aromatic rings. The molecule has 1 aliphatic rings. The summed E-state index contributed by atoms with van der Waals surface area (Å²) in [4.78, 5) is 29.9. The van der Waals surface area contributed by atoms with Crippen molar-refractivity contribution in [2.24, 2.45) is 0 Å². The van der Waals surface area contributed by atoms with Crippen molar-refractivity contribution in [2.75, 3.05) is 26.2 Å². The van der Waals surface area contributed by atoms with E-state index in [1.165, 1.54) is 0 Å². The SMILES string of the molecule is O=C(CCc1ccc(Cl)cc1)N1CCCN(C(=O)Cc2cccs2)CC1. The number of hydrogen-bond donors (Lipinski definition) is 0. The molecule has 1 aliphatic heterocycles. The maximum Gasteiger partial charge on any atom is 0.227 e. The maximum absolute atomic E-state index is 12.5. The van der Waals surface area contributed by atoms with Gasteiger partial charge in [-0.2, -0.15) is 0 Å². The lowest BCUT2D eigenvalue weighted by molar-refractivity contribution is -0.133. The van der Waals surface area contributed by atoms with E-state index in [9.17, 15) is 9.59 Å². The number of hydrogen-bond acceptors (Lipinski definition) is 3. The molecule has 0 N–H and O–H groups in total. The molecule has 6 heteroatoms. The van der Waals surface area contributed by atoms with Crippen LogP contribution in [0.15, 0.2) is 41.8 Å². The van der Waals surface area contributed by atoms with E-state index in [1.54, 1.807) is 11.3 Å². The van der Waals surface area contributed by atoms with Gasteiger partial charge in [-0.05, 0) is 42.0 Å². The number of carbonyl (C=O) groups excluding carboxylic acids is 2. The normalized spacial score (nSPS) is 15.0. The van der Waals surface area contributed by atoms with Crippen molar-refractivity contribution in [1.29, 1.82) is 0 Å². The van der Waals surface area contributed by atoms with Crippen molar-refractivity contribution in [3.05, 3.63) is 57.2 Å². The van der Waals surface area contributed by atoms with Crippen molar-refractivity contribution >= 4 is 34.8 Å². The van der Waals surface area contributed by atoms with Gasteiger partial charge in [0.15, 0.2) is 0 Å². The molecule has 0 unspecified atom stereocenters. The highest BCUT2D eigenvalue weighted by atomic mass is 35.5. The van der Waals surface area contributed by atoms with Crippen LogP contribution in [-0.2, 0) is 22.4 Å². The van der Waals surface area contributed by atoms with Gasteiger partial charge in [0.2, 0.25) is 11.8 Å². The Balaban J connectivity index is 1.47. The lowest BCUT2D eigenvalue weighted by Crippen LogP contribution is -2.38. The fourth-order valence-electron chi connectivity index (χ4n) is 3.15. The molecule has 26 heavy (non-hydrogen) atoms. The minimum atomic E-state index is 0.155. The van der Waals surface area contributed by atoms with Crippen LogP contribution in [0.25, 0.3) is 0 Å². The first-order chi connectivity index (χ1) is 12.6. The van der Waals surface area contributed by atoms with Gasteiger partial charge in [0.05, 0.1) is 6.42 Å². The molecule has 1 aromatic heterocycles. The Morgan fingerprint density at radius 2 is 1.65 bits per heavy atom. The summed E-state index contributed by atoms with van der Waals surface area (Å²) in [5.41, 5.74) is 1.12. The summed E-state index contributed by atoms with van der Waals surface area (Å²) in [6, 6.07) is 11.6. The topological polar surface area (TPSA) is 40.6 Å². The van der Waals surface area contributed by atoms with Gasteiger partial charge in [0.25, 0.3) is 0 Å². The molecule has 1 aromatic carbocycles. The van der Waals surface area contributed by atoms with Crippen LogP contribution >= 0.6 is 22.9 Å². The summed E-state index contributed by atoms with van der Waals surface area (Å²) >= 11 is 7.50. The number of carbonyl (C=O) groups is 2. The number of aryl methyl sites for hydroxylation is 1. The molecular formula is C20H23ClN2O2S. The van der Waals surface area contributed by atoms with E-state index in [2.05, 4.69) is 0 Å². The van der Waals surface area contributed by atoms with Crippen molar-refractivity contribution in [1.82, 2.24) is 9.80 Å². The van der Waals surface area contributed by atoms with Crippen molar-refractivity contribution in [2.45, 2.75) is 25.7 Å². The predicted octanol–water partition coefficient (Wildman–Crippen LogP) is 3.64. The minimum absolute atomic E-state index is 0.155. The van der Waals surface area contributed by atoms with Crippen LogP contribution in [0.1, 0.15) is 23.3 Å². The van der Waals surface area contributed by atoms with E-state index in [1.807, 2.05) is 51.6 Å². The number of rotatable bonds is 5. The first kappa shape index (κ1) is 18.9. The maximum atomic E-state index is 12.5. The largest absolute Gasteiger partial charge is 0.341 e. The summed E-state index contributed by atoms with van der Waals surface area (Å²) in [5.74, 6) is 0.315. The molecule has 0 radical (unpaired) electrons. The van der Waals surface area contributed by atoms with E-state index in [0.29, 0.717) is 37.4 Å². The van der Waals surface area contributed by atoms with Crippen molar-refractivity contribution in [3.8, 4) is 0 Å². The van der Waals surface area contributed by atoms with E-state index >= 15 is 0 Å². The number of halogens is 1. The molecule has 2 heterocycles. The number of benzene rings is 1. The summed E-state index contributed by atoms with van der Waals surface area (Å²) in [6.07, 6.45) is 2.50. The third-order valence-corrected chi connectivity index (χ3v) is 5.78. The third kappa shape index (κ3) is 5.32. The molecule has 0 aliphatic carbocycles. The van der Waals surface area contributed by atoms with Crippen molar-refractivity contribution in [3.63, 3.8) is 0 Å². The Kier molecular flexibility index (Phi) is 6.69. The molecule has 1 fully saturated rings. The lowest BCUT2D eigenvalue weighted by atomic mass is 10.1. The van der Waals surface area contributed by atoms with Gasteiger partial charge >= 0.3 is 0 Å². The Bertz CT molecular complexity index is 731. The Hall–Kier alpha value is -1.85. The standard InChI is InChI=1S/C20H23ClN2O2S/c21-17-7-4-16(5-8-17)6-9-19(24)22-10-2-11-23(13-12-22)20(25)15-18-3-1-14-26-18/h1,3-5,7-8,14H,2,6,9-13,15H2. The Labute approximate surface area is 163 Å². The molecule has 4 nitrogen and oxygen atoms in total. The molecule has 2 amide bonds. The summed E-state index contributed by atoms with van der Waals surface area (Å²) in [6.45, 7) is 2.69. The van der Waals surface area contributed by atoms with Crippen molar-refractivity contribution < 1.29 is 9.59 Å². The summed E-state index contributed by atoms with van der Waals surface area (Å²) < 4.78 is 0. The molecule has 1 saturated heterocycles. The van der Waals surface area contributed by atoms with Gasteiger partial charge in [-0.15, -0.1) is 11.3 Å². The molecule has 138 valence electrons. The number of thiophene rings is 1. The molecule has 0 atom stereocenters. The second-order valence-electron chi connectivity index (χ2n) is 6.50. The minimum Gasteiger partial charge on any atom is -0.341 e. The van der Waals surface area contributed by atoms with Crippen LogP contribution in [0.3, 0.4) is 0 Å². The van der Waals surface area contributed by atoms with Gasteiger partial charge in [0, 0.05) is 42.5 Å². The van der Waals surface area contributed by atoms with E-state index in [4.69, 9.17) is 11.6 Å². The smallest absolute Gasteiger partial charge is 0.227 e. The summed E-state index contributed by atoms with van der Waals surface area (Å²) in [5, 5.41) is 2.70. The molecular weight excluding hydrogens is 368 g/mol. The zero-order chi connectivity index (χ0) is 18.4. The van der Waals surface area contributed by atoms with Crippen LogP contribution in [0.2, 0.25) is 5.02 Å². The molecule has 0 bridgehead atoms. The van der Waals surface area contributed by atoms with Gasteiger partial charge in [-0.1, -0.05) is 29.8 Å². The second-order valence-corrected chi connectivity index (χ2v) is 7.97. The van der Waals surface area contributed by atoms with Crippen LogP contribution in [0, 0.1) is 0 Å². The van der Waals surface area contributed by atoms with Crippen LogP contribution < -0.4 is 0 Å². The predicted molar refractivity (Wildman–Crippen MR) is 106 cm³/mol. The molecule has 0 spiro atoms. The van der Waals surface area contributed by atoms with E-state index < -0.39 is 0 Å². The monoisotopic (exact) mass is 390 g/mol. The average molecular weight is 391 g/mol. The Morgan fingerprint density at radius 3 is 2.31 bits per heavy atom. The fourth-order valence-corrected chi connectivity index (χ4v) is 3.97. The van der Waals surface area contributed by atoms with Gasteiger partial charge in [-0.3, -0.25) is 9.59 Å². The first-order valence-electron chi connectivity index (χ1n) is 8.94. The van der Waals surface area contributed by atoms with Crippen LogP contribution in [0.5, 0.6) is 0 Å². The average Bonchev–Trinajstić information content (AvgIpc) is 3.02. The third-order valence-electron chi connectivity index (χ3n) is 4.65. The Morgan fingerprint density at radius 1 is 0.962 bits per heavy atom. The molecule has 3 rings (SSSR count). The first-order valence-corrected chi connectivity index (χ1v) is 10.2. The van der Waals surface area contributed by atoms with Crippen LogP contribution in [-0.4, -0.2) is 47.8 Å². The molecule has 0 saturated carbocycles. The van der Waals surface area contributed by atoms with Gasteiger partial charge < -0.3 is 9.80 Å². The van der Waals surface area contributed by atoms with E-state index in [0.717, 1.165) is 30.0 Å². The zero-order valence-corrected chi connectivity index (χ0v) is 16.3. The number of nitrogens with zero attached hydrogens (tertiary/aromatic N) is 2. The van der Waals surface area contributed by atoms with Gasteiger partial charge in [-0.25, -0.2) is 0 Å². The highest BCUT2D eigenvalue weighted by Gasteiger charge is 2.22. The summed E-state index contributed by atoms with van der Waals surface area (Å²) in [7, 11) is 0. The second kappa shape index (κ2) is 9.19. The van der Waals surface area contributed by atoms with Gasteiger partial charge in [0.1, 0.15) is 0 Å². The van der Waals surface area contributed by atoms with E-state index in [-0.39, 0.29) is 11.8 Å². The number of amides is 2.